The Morgan fingerprint density at radius 2 is 1.79 bits per heavy atom. The van der Waals surface area contributed by atoms with Crippen LogP contribution >= 0.6 is 0 Å². The molecule has 3 aromatic rings. The van der Waals surface area contributed by atoms with Crippen LogP contribution < -0.4 is 11.1 Å². The fraction of sp³-hybridized carbons (Fsp3) is 0.222. The molecular weight excluding hydrogens is 300 g/mol. The van der Waals surface area contributed by atoms with Crippen LogP contribution in [0, 0.1) is 0 Å². The van der Waals surface area contributed by atoms with Crippen LogP contribution in [-0.2, 0) is 5.41 Å². The Hall–Kier alpha value is -3.02. The Labute approximate surface area is 139 Å². The largest absolute Gasteiger partial charge is 0.399 e. The minimum Gasteiger partial charge on any atom is -0.399 e. The van der Waals surface area contributed by atoms with Gasteiger partial charge >= 0.3 is 0 Å². The minimum atomic E-state index is 0.296. The fourth-order valence-corrected chi connectivity index (χ4v) is 3.34. The van der Waals surface area contributed by atoms with Crippen LogP contribution in [0.4, 0.5) is 11.5 Å². The summed E-state index contributed by atoms with van der Waals surface area (Å²) in [6, 6.07) is 7.65. The van der Waals surface area contributed by atoms with E-state index in [1.165, 1.54) is 18.4 Å². The molecule has 1 aliphatic carbocycles. The summed E-state index contributed by atoms with van der Waals surface area (Å²) in [6.07, 6.45) is 7.71. The molecule has 2 aliphatic rings. The molecule has 0 atom stereocenters. The summed E-state index contributed by atoms with van der Waals surface area (Å²) in [5, 5.41) is 3.40. The Balaban J connectivity index is 1.62. The van der Waals surface area contributed by atoms with Crippen LogP contribution in [0.15, 0.2) is 42.9 Å². The zero-order valence-corrected chi connectivity index (χ0v) is 13.0. The molecule has 0 unspecified atom stereocenters. The maximum Gasteiger partial charge on any atom is 0.178 e. The maximum absolute atomic E-state index is 6.08. The van der Waals surface area contributed by atoms with Crippen LogP contribution in [0.25, 0.3) is 22.8 Å². The molecule has 6 heteroatoms. The van der Waals surface area contributed by atoms with E-state index in [0.29, 0.717) is 22.6 Å². The number of nitrogens with two attached hydrogens (primary N) is 1. The van der Waals surface area contributed by atoms with E-state index in [1.807, 2.05) is 12.3 Å². The van der Waals surface area contributed by atoms with Crippen molar-refractivity contribution >= 4 is 11.5 Å². The Morgan fingerprint density at radius 3 is 2.58 bits per heavy atom. The molecule has 5 rings (SSSR count). The first-order chi connectivity index (χ1) is 11.7. The van der Waals surface area contributed by atoms with Crippen molar-refractivity contribution in [1.82, 2.24) is 19.9 Å². The fourth-order valence-electron chi connectivity index (χ4n) is 3.34. The van der Waals surface area contributed by atoms with Gasteiger partial charge in [-0.15, -0.1) is 0 Å². The second-order valence-corrected chi connectivity index (χ2v) is 6.50. The topological polar surface area (TPSA) is 89.6 Å². The van der Waals surface area contributed by atoms with E-state index in [4.69, 9.17) is 10.7 Å². The van der Waals surface area contributed by atoms with Gasteiger partial charge in [-0.25, -0.2) is 19.9 Å². The number of rotatable bonds is 2. The van der Waals surface area contributed by atoms with Gasteiger partial charge in [0, 0.05) is 47.4 Å². The first kappa shape index (κ1) is 13.4. The lowest BCUT2D eigenvalue weighted by Gasteiger charge is -2.09. The SMILES string of the molecule is Nc1cc(-c2cnc3c(c2)C2(CC2)CN3)nc(-c2ncccn2)c1. The monoisotopic (exact) mass is 316 g/mol. The first-order valence-corrected chi connectivity index (χ1v) is 8.03. The lowest BCUT2D eigenvalue weighted by Crippen LogP contribution is -2.08. The summed E-state index contributed by atoms with van der Waals surface area (Å²) < 4.78 is 0. The highest BCUT2D eigenvalue weighted by atomic mass is 15.0. The van der Waals surface area contributed by atoms with Crippen molar-refractivity contribution in [2.75, 3.05) is 17.6 Å². The molecule has 4 heterocycles. The number of anilines is 2. The highest BCUT2D eigenvalue weighted by Gasteiger charge is 2.49. The summed E-state index contributed by atoms with van der Waals surface area (Å²) >= 11 is 0. The Bertz CT molecular complexity index is 933. The quantitative estimate of drug-likeness (QED) is 0.755. The summed E-state index contributed by atoms with van der Waals surface area (Å²) in [4.78, 5) is 17.8. The Kier molecular flexibility index (Phi) is 2.65. The minimum absolute atomic E-state index is 0.296. The summed E-state index contributed by atoms with van der Waals surface area (Å²) in [7, 11) is 0. The van der Waals surface area contributed by atoms with E-state index in [-0.39, 0.29) is 0 Å². The number of nitrogens with zero attached hydrogens (tertiary/aromatic N) is 4. The molecule has 1 fully saturated rings. The molecule has 1 saturated carbocycles. The van der Waals surface area contributed by atoms with E-state index >= 15 is 0 Å². The second kappa shape index (κ2) is 4.74. The summed E-state index contributed by atoms with van der Waals surface area (Å²) in [5.74, 6) is 1.58. The molecule has 3 N–H and O–H groups in total. The van der Waals surface area contributed by atoms with Crippen molar-refractivity contribution in [1.29, 1.82) is 0 Å². The van der Waals surface area contributed by atoms with Crippen molar-refractivity contribution in [3.63, 3.8) is 0 Å². The van der Waals surface area contributed by atoms with Gasteiger partial charge in [0.05, 0.1) is 5.69 Å². The molecular formula is C18H16N6. The van der Waals surface area contributed by atoms with Gasteiger partial charge in [0.2, 0.25) is 0 Å². The van der Waals surface area contributed by atoms with Gasteiger partial charge in [-0.2, -0.15) is 0 Å². The van der Waals surface area contributed by atoms with E-state index in [2.05, 4.69) is 26.3 Å². The lowest BCUT2D eigenvalue weighted by atomic mass is 9.98. The number of hydrogen-bond acceptors (Lipinski definition) is 6. The second-order valence-electron chi connectivity index (χ2n) is 6.50. The van der Waals surface area contributed by atoms with Gasteiger partial charge < -0.3 is 11.1 Å². The van der Waals surface area contributed by atoms with E-state index in [0.717, 1.165) is 23.6 Å². The lowest BCUT2D eigenvalue weighted by molar-refractivity contribution is 0.778. The van der Waals surface area contributed by atoms with Crippen LogP contribution in [0.5, 0.6) is 0 Å². The van der Waals surface area contributed by atoms with Crippen LogP contribution in [0.1, 0.15) is 18.4 Å². The summed E-state index contributed by atoms with van der Waals surface area (Å²) in [5.41, 5.74) is 10.8. The molecule has 0 aromatic carbocycles. The Morgan fingerprint density at radius 1 is 1.00 bits per heavy atom. The predicted molar refractivity (Wildman–Crippen MR) is 92.3 cm³/mol. The van der Waals surface area contributed by atoms with E-state index in [1.54, 1.807) is 24.5 Å². The molecule has 0 bridgehead atoms. The van der Waals surface area contributed by atoms with Crippen LogP contribution in [0.3, 0.4) is 0 Å². The molecule has 118 valence electrons. The first-order valence-electron chi connectivity index (χ1n) is 8.03. The normalized spacial score (nSPS) is 16.7. The third-order valence-corrected chi connectivity index (χ3v) is 4.85. The van der Waals surface area contributed by atoms with Gasteiger partial charge in [-0.3, -0.25) is 0 Å². The van der Waals surface area contributed by atoms with Gasteiger partial charge in [0.15, 0.2) is 5.82 Å². The van der Waals surface area contributed by atoms with Crippen molar-refractivity contribution in [3.05, 3.63) is 48.4 Å². The number of hydrogen-bond donors (Lipinski definition) is 2. The molecule has 1 aliphatic heterocycles. The molecule has 0 amide bonds. The van der Waals surface area contributed by atoms with Crippen LogP contribution in [0.2, 0.25) is 0 Å². The smallest absolute Gasteiger partial charge is 0.178 e. The number of aromatic nitrogens is 4. The molecule has 1 spiro atoms. The summed E-state index contributed by atoms with van der Waals surface area (Å²) in [6.45, 7) is 0.992. The molecule has 24 heavy (non-hydrogen) atoms. The molecule has 0 saturated heterocycles. The third kappa shape index (κ3) is 2.03. The molecule has 3 aromatic heterocycles. The van der Waals surface area contributed by atoms with Gasteiger partial charge in [0.1, 0.15) is 11.5 Å². The van der Waals surface area contributed by atoms with Crippen molar-refractivity contribution in [3.8, 4) is 22.8 Å². The third-order valence-electron chi connectivity index (χ3n) is 4.85. The standard InChI is InChI=1S/C18H16N6/c19-12-7-14(24-15(8-12)17-20-4-1-5-21-17)11-6-13-16(22-9-11)23-10-18(13)2-3-18/h1,4-9H,2-3,10H2,(H2,19,24)(H,22,23). The number of nitrogens with one attached hydrogen (secondary N) is 1. The number of pyridine rings is 2. The zero-order valence-electron chi connectivity index (χ0n) is 13.0. The van der Waals surface area contributed by atoms with Gasteiger partial charge in [-0.05, 0) is 37.1 Å². The van der Waals surface area contributed by atoms with Crippen molar-refractivity contribution < 1.29 is 0 Å². The number of nitrogen functional groups attached to an aromatic ring is 1. The predicted octanol–water partition coefficient (Wildman–Crippen LogP) is 2.64. The van der Waals surface area contributed by atoms with Crippen molar-refractivity contribution in [2.45, 2.75) is 18.3 Å². The van der Waals surface area contributed by atoms with E-state index < -0.39 is 0 Å². The maximum atomic E-state index is 6.08. The highest BCUT2D eigenvalue weighted by molar-refractivity contribution is 5.71. The van der Waals surface area contributed by atoms with Crippen LogP contribution in [-0.4, -0.2) is 26.5 Å². The van der Waals surface area contributed by atoms with E-state index in [9.17, 15) is 0 Å². The molecule has 0 radical (unpaired) electrons. The average molecular weight is 316 g/mol. The van der Waals surface area contributed by atoms with Gasteiger partial charge in [-0.1, -0.05) is 0 Å². The number of fused-ring (bicyclic) bond motifs is 2. The zero-order chi connectivity index (χ0) is 16.1. The average Bonchev–Trinajstić information content (AvgIpc) is 3.32. The van der Waals surface area contributed by atoms with Gasteiger partial charge in [0.25, 0.3) is 0 Å². The molecule has 6 nitrogen and oxygen atoms in total. The highest BCUT2D eigenvalue weighted by Crippen LogP contribution is 2.54. The van der Waals surface area contributed by atoms with Crippen molar-refractivity contribution in [2.24, 2.45) is 0 Å².